The zero-order chi connectivity index (χ0) is 14.5. The Kier molecular flexibility index (Phi) is 4.79. The van der Waals surface area contributed by atoms with Crippen molar-refractivity contribution in [3.63, 3.8) is 0 Å². The minimum absolute atomic E-state index is 0.125. The standard InChI is InChI=1S/C16H20N2OS/c1-12-8-9-20-15(12)11-17-14-6-4-13(5-7-14)10-16(19)18(2)3/h4-9,17H,10-11H2,1-3H3. The summed E-state index contributed by atoms with van der Waals surface area (Å²) in [5.74, 6) is 0.125. The molecule has 0 aliphatic carbocycles. The maximum atomic E-state index is 11.6. The van der Waals surface area contributed by atoms with E-state index in [1.807, 2.05) is 24.3 Å². The Morgan fingerprint density at radius 2 is 1.90 bits per heavy atom. The lowest BCUT2D eigenvalue weighted by Gasteiger charge is -2.11. The van der Waals surface area contributed by atoms with Crippen molar-refractivity contribution in [3.8, 4) is 0 Å². The molecule has 2 aromatic rings. The Labute approximate surface area is 124 Å². The fraction of sp³-hybridized carbons (Fsp3) is 0.312. The van der Waals surface area contributed by atoms with Gasteiger partial charge in [0.05, 0.1) is 6.42 Å². The van der Waals surface area contributed by atoms with Crippen molar-refractivity contribution in [2.45, 2.75) is 19.9 Å². The van der Waals surface area contributed by atoms with E-state index in [0.717, 1.165) is 17.8 Å². The predicted octanol–water partition coefficient (Wildman–Crippen LogP) is 3.30. The van der Waals surface area contributed by atoms with Gasteiger partial charge in [-0.05, 0) is 41.6 Å². The number of nitrogens with one attached hydrogen (secondary N) is 1. The minimum atomic E-state index is 0.125. The highest BCUT2D eigenvalue weighted by atomic mass is 32.1. The van der Waals surface area contributed by atoms with Gasteiger partial charge in [0.25, 0.3) is 0 Å². The highest BCUT2D eigenvalue weighted by molar-refractivity contribution is 7.10. The number of thiophene rings is 1. The lowest BCUT2D eigenvalue weighted by Crippen LogP contribution is -2.23. The zero-order valence-electron chi connectivity index (χ0n) is 12.1. The summed E-state index contributed by atoms with van der Waals surface area (Å²) in [4.78, 5) is 14.6. The summed E-state index contributed by atoms with van der Waals surface area (Å²) in [6, 6.07) is 10.2. The third-order valence-electron chi connectivity index (χ3n) is 3.23. The molecule has 0 aliphatic heterocycles. The predicted molar refractivity (Wildman–Crippen MR) is 85.2 cm³/mol. The topological polar surface area (TPSA) is 32.3 Å². The number of carbonyl (C=O) groups excluding carboxylic acids is 1. The summed E-state index contributed by atoms with van der Waals surface area (Å²) >= 11 is 1.77. The van der Waals surface area contributed by atoms with Crippen LogP contribution in [-0.4, -0.2) is 24.9 Å². The molecule has 20 heavy (non-hydrogen) atoms. The number of aryl methyl sites for hydroxylation is 1. The van der Waals surface area contributed by atoms with Crippen LogP contribution in [0.1, 0.15) is 16.0 Å². The van der Waals surface area contributed by atoms with Gasteiger partial charge in [-0.25, -0.2) is 0 Å². The summed E-state index contributed by atoms with van der Waals surface area (Å²) in [7, 11) is 3.56. The van der Waals surface area contributed by atoms with Gasteiger partial charge in [-0.15, -0.1) is 11.3 Å². The van der Waals surface area contributed by atoms with E-state index in [-0.39, 0.29) is 5.91 Å². The van der Waals surface area contributed by atoms with Gasteiger partial charge in [-0.1, -0.05) is 12.1 Å². The van der Waals surface area contributed by atoms with Gasteiger partial charge in [0, 0.05) is 31.2 Å². The Hall–Kier alpha value is -1.81. The molecule has 0 fully saturated rings. The highest BCUT2D eigenvalue weighted by Gasteiger charge is 2.05. The average Bonchev–Trinajstić information content (AvgIpc) is 2.83. The van der Waals surface area contributed by atoms with Gasteiger partial charge in [0.1, 0.15) is 0 Å². The van der Waals surface area contributed by atoms with E-state index in [4.69, 9.17) is 0 Å². The number of anilines is 1. The first-order chi connectivity index (χ1) is 9.56. The van der Waals surface area contributed by atoms with Gasteiger partial charge in [0.2, 0.25) is 5.91 Å². The van der Waals surface area contributed by atoms with Crippen molar-refractivity contribution in [2.75, 3.05) is 19.4 Å². The number of hydrogen-bond donors (Lipinski definition) is 1. The van der Waals surface area contributed by atoms with Gasteiger partial charge in [-0.3, -0.25) is 4.79 Å². The number of amides is 1. The number of nitrogens with zero attached hydrogens (tertiary/aromatic N) is 1. The first kappa shape index (κ1) is 14.6. The number of hydrogen-bond acceptors (Lipinski definition) is 3. The molecular formula is C16H20N2OS. The summed E-state index contributed by atoms with van der Waals surface area (Å²) < 4.78 is 0. The van der Waals surface area contributed by atoms with Crippen molar-refractivity contribution in [2.24, 2.45) is 0 Å². The largest absolute Gasteiger partial charge is 0.380 e. The molecule has 1 amide bonds. The third kappa shape index (κ3) is 3.84. The molecular weight excluding hydrogens is 268 g/mol. The molecule has 2 rings (SSSR count). The monoisotopic (exact) mass is 288 g/mol. The SMILES string of the molecule is Cc1ccsc1CNc1ccc(CC(=O)N(C)C)cc1. The van der Waals surface area contributed by atoms with E-state index >= 15 is 0 Å². The molecule has 4 heteroatoms. The Bertz CT molecular complexity index is 572. The fourth-order valence-corrected chi connectivity index (χ4v) is 2.69. The Morgan fingerprint density at radius 3 is 2.45 bits per heavy atom. The molecule has 0 unspecified atom stereocenters. The van der Waals surface area contributed by atoms with E-state index < -0.39 is 0 Å². The van der Waals surface area contributed by atoms with Crippen LogP contribution in [0.25, 0.3) is 0 Å². The van der Waals surface area contributed by atoms with Crippen LogP contribution in [0.3, 0.4) is 0 Å². The lowest BCUT2D eigenvalue weighted by molar-refractivity contribution is -0.127. The van der Waals surface area contributed by atoms with Gasteiger partial charge in [-0.2, -0.15) is 0 Å². The molecule has 1 N–H and O–H groups in total. The molecule has 0 saturated carbocycles. The molecule has 1 aromatic carbocycles. The molecule has 1 aromatic heterocycles. The molecule has 0 radical (unpaired) electrons. The van der Waals surface area contributed by atoms with E-state index in [0.29, 0.717) is 6.42 Å². The van der Waals surface area contributed by atoms with Crippen LogP contribution in [0.2, 0.25) is 0 Å². The third-order valence-corrected chi connectivity index (χ3v) is 4.25. The number of carbonyl (C=O) groups is 1. The minimum Gasteiger partial charge on any atom is -0.380 e. The van der Waals surface area contributed by atoms with E-state index in [9.17, 15) is 4.79 Å². The van der Waals surface area contributed by atoms with Crippen molar-refractivity contribution >= 4 is 22.9 Å². The number of likely N-dealkylation sites (N-methyl/N-ethyl adjacent to an activating group) is 1. The molecule has 3 nitrogen and oxygen atoms in total. The van der Waals surface area contributed by atoms with Gasteiger partial charge < -0.3 is 10.2 Å². The molecule has 1 heterocycles. The molecule has 0 bridgehead atoms. The van der Waals surface area contributed by atoms with Crippen LogP contribution in [0.15, 0.2) is 35.7 Å². The second-order valence-electron chi connectivity index (χ2n) is 5.04. The highest BCUT2D eigenvalue weighted by Crippen LogP contribution is 2.18. The molecule has 0 spiro atoms. The summed E-state index contributed by atoms with van der Waals surface area (Å²) in [5.41, 5.74) is 3.45. The van der Waals surface area contributed by atoms with Gasteiger partial charge in [0.15, 0.2) is 0 Å². The first-order valence-electron chi connectivity index (χ1n) is 6.62. The smallest absolute Gasteiger partial charge is 0.226 e. The molecule has 0 atom stereocenters. The van der Waals surface area contributed by atoms with Crippen LogP contribution in [0, 0.1) is 6.92 Å². The summed E-state index contributed by atoms with van der Waals surface area (Å²) in [5, 5.41) is 5.52. The average molecular weight is 288 g/mol. The number of rotatable bonds is 5. The molecule has 0 aliphatic rings. The summed E-state index contributed by atoms with van der Waals surface area (Å²) in [6.45, 7) is 2.98. The second kappa shape index (κ2) is 6.57. The molecule has 0 saturated heterocycles. The Morgan fingerprint density at radius 1 is 1.20 bits per heavy atom. The maximum absolute atomic E-state index is 11.6. The normalized spacial score (nSPS) is 10.3. The summed E-state index contributed by atoms with van der Waals surface area (Å²) in [6.07, 6.45) is 0.456. The van der Waals surface area contributed by atoms with Crippen LogP contribution >= 0.6 is 11.3 Å². The van der Waals surface area contributed by atoms with Crippen LogP contribution < -0.4 is 5.32 Å². The van der Waals surface area contributed by atoms with Crippen LogP contribution in [-0.2, 0) is 17.8 Å². The van der Waals surface area contributed by atoms with Crippen molar-refractivity contribution < 1.29 is 4.79 Å². The van der Waals surface area contributed by atoms with Gasteiger partial charge >= 0.3 is 0 Å². The van der Waals surface area contributed by atoms with Crippen LogP contribution in [0.4, 0.5) is 5.69 Å². The van der Waals surface area contributed by atoms with E-state index in [1.54, 1.807) is 30.3 Å². The maximum Gasteiger partial charge on any atom is 0.226 e. The van der Waals surface area contributed by atoms with Crippen molar-refractivity contribution in [3.05, 3.63) is 51.7 Å². The fourth-order valence-electron chi connectivity index (χ4n) is 1.84. The van der Waals surface area contributed by atoms with Crippen LogP contribution in [0.5, 0.6) is 0 Å². The molecule has 106 valence electrons. The Balaban J connectivity index is 1.91. The quantitative estimate of drug-likeness (QED) is 0.915. The van der Waals surface area contributed by atoms with E-state index in [1.165, 1.54) is 10.4 Å². The van der Waals surface area contributed by atoms with E-state index in [2.05, 4.69) is 23.7 Å². The first-order valence-corrected chi connectivity index (χ1v) is 7.50. The second-order valence-corrected chi connectivity index (χ2v) is 6.04. The lowest BCUT2D eigenvalue weighted by atomic mass is 10.1. The zero-order valence-corrected chi connectivity index (χ0v) is 13.0. The van der Waals surface area contributed by atoms with Crippen molar-refractivity contribution in [1.82, 2.24) is 4.90 Å². The van der Waals surface area contributed by atoms with Crippen molar-refractivity contribution in [1.29, 1.82) is 0 Å². The number of benzene rings is 1.